The molecule has 2 rings (SSSR count). The van der Waals surface area contributed by atoms with E-state index in [1.54, 1.807) is 24.3 Å². The molecule has 0 aliphatic carbocycles. The molecular weight excluding hydrogens is 473 g/mol. The minimum absolute atomic E-state index is 0. The molecule has 148 valence electrons. The Morgan fingerprint density at radius 3 is 2.22 bits per heavy atom. The second kappa shape index (κ2) is 12.0. The van der Waals surface area contributed by atoms with Gasteiger partial charge in [-0.3, -0.25) is 4.99 Å². The number of nitrogens with zero attached hydrogens (tertiary/aromatic N) is 1. The molecule has 27 heavy (non-hydrogen) atoms. The Balaban J connectivity index is 0.00000364. The topological polar surface area (TPSA) is 70.6 Å². The number of halogens is 1. The average molecular weight is 501 g/mol. The fourth-order valence-electron chi connectivity index (χ4n) is 2.54. The van der Waals surface area contributed by atoms with E-state index in [4.69, 9.17) is 0 Å². The summed E-state index contributed by atoms with van der Waals surface area (Å²) in [6, 6.07) is 18.8. The first-order chi connectivity index (χ1) is 12.5. The van der Waals surface area contributed by atoms with E-state index < -0.39 is 9.84 Å². The van der Waals surface area contributed by atoms with Crippen LogP contribution in [-0.2, 0) is 9.84 Å². The second-order valence-corrected chi connectivity index (χ2v) is 8.13. The highest BCUT2D eigenvalue weighted by molar-refractivity contribution is 14.0. The lowest BCUT2D eigenvalue weighted by atomic mass is 10.1. The molecule has 2 aromatic carbocycles. The maximum absolute atomic E-state index is 12.3. The average Bonchev–Trinajstić information content (AvgIpc) is 2.66. The second-order valence-electron chi connectivity index (χ2n) is 6.02. The third-order valence-corrected chi connectivity index (χ3v) is 5.76. The molecule has 0 bridgehead atoms. The van der Waals surface area contributed by atoms with Crippen LogP contribution in [0, 0.1) is 0 Å². The monoisotopic (exact) mass is 501 g/mol. The molecule has 0 heterocycles. The van der Waals surface area contributed by atoms with Crippen molar-refractivity contribution >= 4 is 39.8 Å². The Hall–Kier alpha value is -1.61. The molecule has 0 aliphatic heterocycles. The molecule has 7 heteroatoms. The molecule has 5 nitrogen and oxygen atoms in total. The normalized spacial score (nSPS) is 12.7. The lowest BCUT2D eigenvalue weighted by Gasteiger charge is -2.18. The van der Waals surface area contributed by atoms with Gasteiger partial charge in [-0.15, -0.1) is 24.0 Å². The Bertz CT molecular complexity index is 796. The lowest BCUT2D eigenvalue weighted by molar-refractivity contribution is 0.593. The molecule has 0 fully saturated rings. The summed E-state index contributed by atoms with van der Waals surface area (Å²) in [5.74, 6) is 0.787. The molecule has 0 saturated carbocycles. The number of aliphatic imine (C=N–C) groups is 1. The summed E-state index contributed by atoms with van der Waals surface area (Å²) in [7, 11) is -3.25. The predicted octanol–water partition coefficient (Wildman–Crippen LogP) is 3.78. The van der Waals surface area contributed by atoms with Gasteiger partial charge in [-0.1, -0.05) is 48.5 Å². The first kappa shape index (κ1) is 23.4. The van der Waals surface area contributed by atoms with E-state index in [2.05, 4.69) is 34.7 Å². The van der Waals surface area contributed by atoms with Crippen LogP contribution in [0.1, 0.15) is 31.9 Å². The van der Waals surface area contributed by atoms with Crippen molar-refractivity contribution < 1.29 is 8.42 Å². The predicted molar refractivity (Wildman–Crippen MR) is 122 cm³/mol. The van der Waals surface area contributed by atoms with Gasteiger partial charge in [0.1, 0.15) is 0 Å². The minimum Gasteiger partial charge on any atom is -0.357 e. The van der Waals surface area contributed by atoms with Gasteiger partial charge in [-0.2, -0.15) is 0 Å². The summed E-state index contributed by atoms with van der Waals surface area (Å²) >= 11 is 0. The quantitative estimate of drug-likeness (QED) is 0.250. The van der Waals surface area contributed by atoms with E-state index >= 15 is 0 Å². The van der Waals surface area contributed by atoms with Crippen molar-refractivity contribution in [1.29, 1.82) is 0 Å². The third-order valence-electron chi connectivity index (χ3n) is 3.94. The van der Waals surface area contributed by atoms with Crippen LogP contribution in [0.4, 0.5) is 0 Å². The van der Waals surface area contributed by atoms with Crippen molar-refractivity contribution in [3.05, 3.63) is 66.2 Å². The first-order valence-corrected chi connectivity index (χ1v) is 10.6. The van der Waals surface area contributed by atoms with Crippen LogP contribution in [0.3, 0.4) is 0 Å². The van der Waals surface area contributed by atoms with Crippen LogP contribution in [-0.4, -0.2) is 33.2 Å². The van der Waals surface area contributed by atoms with Crippen molar-refractivity contribution in [3.63, 3.8) is 0 Å². The molecule has 0 amide bonds. The van der Waals surface area contributed by atoms with Gasteiger partial charge in [0.2, 0.25) is 0 Å². The van der Waals surface area contributed by atoms with E-state index in [9.17, 15) is 8.42 Å². The number of benzene rings is 2. The smallest absolute Gasteiger partial charge is 0.191 e. The Labute approximate surface area is 179 Å². The highest BCUT2D eigenvalue weighted by Gasteiger charge is 2.13. The minimum atomic E-state index is -3.25. The van der Waals surface area contributed by atoms with Crippen LogP contribution >= 0.6 is 24.0 Å². The van der Waals surface area contributed by atoms with Crippen LogP contribution in [0.5, 0.6) is 0 Å². The van der Waals surface area contributed by atoms with Crippen molar-refractivity contribution in [2.45, 2.75) is 31.2 Å². The molecular formula is C20H28IN3O2S. The summed E-state index contributed by atoms with van der Waals surface area (Å²) in [6.45, 7) is 5.27. The van der Waals surface area contributed by atoms with Gasteiger partial charge < -0.3 is 10.6 Å². The van der Waals surface area contributed by atoms with Crippen molar-refractivity contribution in [3.8, 4) is 0 Å². The molecule has 0 aromatic heterocycles. The number of hydrogen-bond donors (Lipinski definition) is 2. The van der Waals surface area contributed by atoms with E-state index in [0.717, 1.165) is 6.54 Å². The van der Waals surface area contributed by atoms with Gasteiger partial charge in [-0.25, -0.2) is 8.42 Å². The van der Waals surface area contributed by atoms with Crippen LogP contribution < -0.4 is 10.6 Å². The molecule has 0 saturated heterocycles. The van der Waals surface area contributed by atoms with Crippen LogP contribution in [0.15, 0.2) is 70.6 Å². The van der Waals surface area contributed by atoms with Gasteiger partial charge in [0.15, 0.2) is 15.8 Å². The Morgan fingerprint density at radius 2 is 1.63 bits per heavy atom. The molecule has 0 spiro atoms. The van der Waals surface area contributed by atoms with E-state index in [-0.39, 0.29) is 35.8 Å². The number of guanidine groups is 1. The highest BCUT2D eigenvalue weighted by Crippen LogP contribution is 2.12. The first-order valence-electron chi connectivity index (χ1n) is 8.90. The fourth-order valence-corrected chi connectivity index (χ4v) is 3.86. The molecule has 2 aromatic rings. The maximum Gasteiger partial charge on any atom is 0.191 e. The van der Waals surface area contributed by atoms with Gasteiger partial charge in [0, 0.05) is 13.1 Å². The summed E-state index contributed by atoms with van der Waals surface area (Å²) in [5.41, 5.74) is 1.17. The molecule has 0 aliphatic rings. The van der Waals surface area contributed by atoms with E-state index in [0.29, 0.717) is 23.8 Å². The Kier molecular flexibility index (Phi) is 10.4. The van der Waals surface area contributed by atoms with Gasteiger partial charge >= 0.3 is 0 Å². The third kappa shape index (κ3) is 7.88. The zero-order valence-electron chi connectivity index (χ0n) is 15.8. The van der Waals surface area contributed by atoms with Crippen LogP contribution in [0.2, 0.25) is 0 Å². The maximum atomic E-state index is 12.3. The van der Waals surface area contributed by atoms with Gasteiger partial charge in [-0.05, 0) is 38.0 Å². The number of nitrogens with one attached hydrogen (secondary N) is 2. The van der Waals surface area contributed by atoms with Crippen molar-refractivity contribution in [2.24, 2.45) is 4.99 Å². The van der Waals surface area contributed by atoms with Crippen molar-refractivity contribution in [2.75, 3.05) is 18.8 Å². The number of sulfone groups is 1. The molecule has 0 radical (unpaired) electrons. The molecule has 2 N–H and O–H groups in total. The van der Waals surface area contributed by atoms with Gasteiger partial charge in [0.05, 0.1) is 16.7 Å². The zero-order valence-corrected chi connectivity index (χ0v) is 18.9. The SMILES string of the molecule is CCNC(=NCCCS(=O)(=O)c1ccccc1)NC(C)c1ccccc1.I. The van der Waals surface area contributed by atoms with E-state index in [1.807, 2.05) is 31.2 Å². The molecule has 1 atom stereocenters. The largest absolute Gasteiger partial charge is 0.357 e. The van der Waals surface area contributed by atoms with E-state index in [1.165, 1.54) is 5.56 Å². The van der Waals surface area contributed by atoms with Crippen molar-refractivity contribution in [1.82, 2.24) is 10.6 Å². The summed E-state index contributed by atoms with van der Waals surface area (Å²) in [5, 5.41) is 6.55. The molecule has 1 unspecified atom stereocenters. The van der Waals surface area contributed by atoms with Crippen LogP contribution in [0.25, 0.3) is 0 Å². The zero-order chi connectivity index (χ0) is 18.8. The Morgan fingerprint density at radius 1 is 1.04 bits per heavy atom. The summed E-state index contributed by atoms with van der Waals surface area (Å²) in [4.78, 5) is 4.87. The lowest BCUT2D eigenvalue weighted by Crippen LogP contribution is -2.38. The highest BCUT2D eigenvalue weighted by atomic mass is 127. The fraction of sp³-hybridized carbons (Fsp3) is 0.350. The standard InChI is InChI=1S/C20H27N3O2S.HI/c1-3-21-20(23-17(2)18-11-6-4-7-12-18)22-15-10-16-26(24,25)19-13-8-5-9-14-19;/h4-9,11-14,17H,3,10,15-16H2,1-2H3,(H2,21,22,23);1H. The summed E-state index contributed by atoms with van der Waals surface area (Å²) < 4.78 is 24.6. The van der Waals surface area contributed by atoms with Gasteiger partial charge in [0.25, 0.3) is 0 Å². The summed E-state index contributed by atoms with van der Waals surface area (Å²) in [6.07, 6.45) is 0.480. The number of hydrogen-bond acceptors (Lipinski definition) is 3. The number of rotatable bonds is 8.